The van der Waals surface area contributed by atoms with Gasteiger partial charge in [-0.1, -0.05) is 12.1 Å². The zero-order valence-corrected chi connectivity index (χ0v) is 15.0. The Balaban J connectivity index is 1.66. The lowest BCUT2D eigenvalue weighted by atomic mass is 9.93. The number of benzene rings is 1. The number of para-hydroxylation sites is 1. The van der Waals surface area contributed by atoms with E-state index in [0.717, 1.165) is 43.0 Å². The smallest absolute Gasteiger partial charge is 0.142 e. The van der Waals surface area contributed by atoms with Gasteiger partial charge in [-0.25, -0.2) is 4.39 Å². The summed E-state index contributed by atoms with van der Waals surface area (Å²) in [6.45, 7) is 1.60. The molecule has 0 saturated carbocycles. The Morgan fingerprint density at radius 1 is 1.22 bits per heavy atom. The molecule has 0 amide bonds. The number of hydrogen-bond acceptors (Lipinski definition) is 5. The molecule has 6 nitrogen and oxygen atoms in total. The normalized spacial score (nSPS) is 14.9. The lowest BCUT2D eigenvalue weighted by Gasteiger charge is -2.35. The molecule has 0 N–H and O–H groups in total. The minimum Gasteiger partial charge on any atom is -0.370 e. The van der Waals surface area contributed by atoms with Crippen molar-refractivity contribution in [2.24, 2.45) is 7.05 Å². The van der Waals surface area contributed by atoms with E-state index in [2.05, 4.69) is 26.2 Å². The number of pyridine rings is 1. The second-order valence-electron chi connectivity index (χ2n) is 6.77. The van der Waals surface area contributed by atoms with Gasteiger partial charge in [0.25, 0.3) is 0 Å². The number of nitriles is 1. The Morgan fingerprint density at radius 3 is 2.70 bits per heavy atom. The highest BCUT2D eigenvalue weighted by molar-refractivity contribution is 5.82. The Hall–Kier alpha value is -3.27. The van der Waals surface area contributed by atoms with Gasteiger partial charge in [-0.05, 0) is 25.0 Å². The molecule has 0 atom stereocenters. The van der Waals surface area contributed by atoms with E-state index in [-0.39, 0.29) is 5.82 Å². The molecule has 7 heteroatoms. The van der Waals surface area contributed by atoms with Crippen molar-refractivity contribution in [3.05, 3.63) is 60.2 Å². The van der Waals surface area contributed by atoms with Gasteiger partial charge < -0.3 is 9.47 Å². The first-order valence-corrected chi connectivity index (χ1v) is 8.90. The van der Waals surface area contributed by atoms with E-state index < -0.39 is 0 Å². The van der Waals surface area contributed by atoms with E-state index >= 15 is 0 Å². The molecule has 1 aliphatic heterocycles. The van der Waals surface area contributed by atoms with E-state index in [4.69, 9.17) is 0 Å². The summed E-state index contributed by atoms with van der Waals surface area (Å²) >= 11 is 0. The summed E-state index contributed by atoms with van der Waals surface area (Å²) in [6, 6.07) is 9.29. The second kappa shape index (κ2) is 7.16. The van der Waals surface area contributed by atoms with Crippen molar-refractivity contribution in [1.82, 2.24) is 19.7 Å². The van der Waals surface area contributed by atoms with Gasteiger partial charge >= 0.3 is 0 Å². The van der Waals surface area contributed by atoms with Crippen LogP contribution >= 0.6 is 0 Å². The Bertz CT molecular complexity index is 998. The molecule has 2 aromatic heterocycles. The molecule has 0 radical (unpaired) electrons. The van der Waals surface area contributed by atoms with Crippen molar-refractivity contribution in [3.8, 4) is 17.2 Å². The van der Waals surface area contributed by atoms with Crippen molar-refractivity contribution in [3.63, 3.8) is 0 Å². The first-order chi connectivity index (χ1) is 13.2. The number of halogens is 1. The molecule has 0 unspecified atom stereocenters. The average molecular weight is 362 g/mol. The minimum absolute atomic E-state index is 0.349. The van der Waals surface area contributed by atoms with Crippen LogP contribution in [0.2, 0.25) is 0 Å². The zero-order chi connectivity index (χ0) is 18.8. The van der Waals surface area contributed by atoms with Crippen LogP contribution in [0.15, 0.2) is 43.0 Å². The van der Waals surface area contributed by atoms with Crippen molar-refractivity contribution >= 4 is 5.69 Å². The molecule has 27 heavy (non-hydrogen) atoms. The molecular weight excluding hydrogens is 343 g/mol. The number of aryl methyl sites for hydroxylation is 1. The fraction of sp³-hybridized carbons (Fsp3) is 0.300. The molecule has 1 fully saturated rings. The SMILES string of the molecule is Cn1cnnc1C1CCN(c2c(C#N)cccc2-c2cncc(F)c2)CC1. The number of piperidine rings is 1. The summed E-state index contributed by atoms with van der Waals surface area (Å²) < 4.78 is 15.7. The van der Waals surface area contributed by atoms with Crippen molar-refractivity contribution in [2.75, 3.05) is 18.0 Å². The van der Waals surface area contributed by atoms with Crippen LogP contribution in [0, 0.1) is 17.1 Å². The van der Waals surface area contributed by atoms with Crippen LogP contribution in [-0.2, 0) is 7.05 Å². The lowest BCUT2D eigenvalue weighted by molar-refractivity contribution is 0.474. The molecule has 3 aromatic rings. The third kappa shape index (κ3) is 3.26. The number of rotatable bonds is 3. The topological polar surface area (TPSA) is 70.6 Å². The molecule has 4 rings (SSSR count). The monoisotopic (exact) mass is 362 g/mol. The van der Waals surface area contributed by atoms with E-state index in [0.29, 0.717) is 17.0 Å². The summed E-state index contributed by atoms with van der Waals surface area (Å²) in [5, 5.41) is 17.8. The van der Waals surface area contributed by atoms with Crippen LogP contribution in [-0.4, -0.2) is 32.8 Å². The highest BCUT2D eigenvalue weighted by atomic mass is 19.1. The highest BCUT2D eigenvalue weighted by Crippen LogP contribution is 2.37. The van der Waals surface area contributed by atoms with Crippen LogP contribution in [0.25, 0.3) is 11.1 Å². The van der Waals surface area contributed by atoms with Crippen molar-refractivity contribution in [1.29, 1.82) is 5.26 Å². The molecule has 1 aromatic carbocycles. The Labute approximate surface area is 156 Å². The van der Waals surface area contributed by atoms with Gasteiger partial charge in [0.2, 0.25) is 0 Å². The number of nitrogens with zero attached hydrogens (tertiary/aromatic N) is 6. The quantitative estimate of drug-likeness (QED) is 0.715. The van der Waals surface area contributed by atoms with E-state index in [9.17, 15) is 9.65 Å². The summed E-state index contributed by atoms with van der Waals surface area (Å²) in [6.07, 6.45) is 6.39. The maximum atomic E-state index is 13.7. The van der Waals surface area contributed by atoms with E-state index in [1.807, 2.05) is 23.7 Å². The number of aromatic nitrogens is 4. The molecule has 0 bridgehead atoms. The van der Waals surface area contributed by atoms with Crippen LogP contribution < -0.4 is 4.90 Å². The van der Waals surface area contributed by atoms with Crippen molar-refractivity contribution in [2.45, 2.75) is 18.8 Å². The summed E-state index contributed by atoms with van der Waals surface area (Å²) in [5.74, 6) is 0.960. The highest BCUT2D eigenvalue weighted by Gasteiger charge is 2.26. The maximum absolute atomic E-state index is 13.7. The van der Waals surface area contributed by atoms with Crippen LogP contribution in [0.3, 0.4) is 0 Å². The second-order valence-corrected chi connectivity index (χ2v) is 6.77. The molecule has 1 saturated heterocycles. The van der Waals surface area contributed by atoms with Crippen LogP contribution in [0.5, 0.6) is 0 Å². The predicted octanol–water partition coefficient (Wildman–Crippen LogP) is 3.27. The summed E-state index contributed by atoms with van der Waals surface area (Å²) in [4.78, 5) is 6.18. The van der Waals surface area contributed by atoms with E-state index in [1.54, 1.807) is 18.6 Å². The molecule has 3 heterocycles. The van der Waals surface area contributed by atoms with E-state index in [1.165, 1.54) is 12.3 Å². The molecule has 0 spiro atoms. The fourth-order valence-corrected chi connectivity index (χ4v) is 3.79. The molecular formula is C20H19FN6. The average Bonchev–Trinajstić information content (AvgIpc) is 3.13. The Morgan fingerprint density at radius 2 is 2.04 bits per heavy atom. The van der Waals surface area contributed by atoms with Gasteiger partial charge in [0.15, 0.2) is 0 Å². The summed E-state index contributed by atoms with van der Waals surface area (Å²) in [5.41, 5.74) is 2.95. The molecule has 1 aliphatic rings. The van der Waals surface area contributed by atoms with Crippen LogP contribution in [0.4, 0.5) is 10.1 Å². The van der Waals surface area contributed by atoms with Gasteiger partial charge in [-0.3, -0.25) is 4.98 Å². The van der Waals surface area contributed by atoms with Gasteiger partial charge in [0, 0.05) is 43.4 Å². The minimum atomic E-state index is -0.387. The first kappa shape index (κ1) is 17.2. The van der Waals surface area contributed by atoms with Gasteiger partial charge in [0.1, 0.15) is 24.0 Å². The fourth-order valence-electron chi connectivity index (χ4n) is 3.79. The largest absolute Gasteiger partial charge is 0.370 e. The van der Waals surface area contributed by atoms with Gasteiger partial charge in [0.05, 0.1) is 17.4 Å². The summed E-state index contributed by atoms with van der Waals surface area (Å²) in [7, 11) is 1.96. The Kier molecular flexibility index (Phi) is 4.55. The number of anilines is 1. The third-order valence-electron chi connectivity index (χ3n) is 5.10. The standard InChI is InChI=1S/C20H19FN6/c1-26-13-24-25-20(26)14-5-7-27(8-6-14)19-15(10-22)3-2-4-18(19)16-9-17(21)12-23-11-16/h2-4,9,11-14H,5-8H2,1H3. The van der Waals surface area contributed by atoms with Crippen molar-refractivity contribution < 1.29 is 4.39 Å². The number of hydrogen-bond donors (Lipinski definition) is 0. The maximum Gasteiger partial charge on any atom is 0.142 e. The molecule has 136 valence electrons. The first-order valence-electron chi connectivity index (χ1n) is 8.90. The van der Waals surface area contributed by atoms with Gasteiger partial charge in [-0.15, -0.1) is 10.2 Å². The van der Waals surface area contributed by atoms with Crippen LogP contribution in [0.1, 0.15) is 30.1 Å². The predicted molar refractivity (Wildman–Crippen MR) is 99.5 cm³/mol. The third-order valence-corrected chi connectivity index (χ3v) is 5.10. The van der Waals surface area contributed by atoms with Gasteiger partial charge in [-0.2, -0.15) is 5.26 Å². The zero-order valence-electron chi connectivity index (χ0n) is 15.0. The molecule has 0 aliphatic carbocycles. The lowest BCUT2D eigenvalue weighted by Crippen LogP contribution is -2.34.